The number of nitrogens with one attached hydrogen (secondary N) is 2. The number of pyridine rings is 1. The van der Waals surface area contributed by atoms with Crippen LogP contribution in [0.4, 0.5) is 5.82 Å². The first-order chi connectivity index (χ1) is 14.1. The van der Waals surface area contributed by atoms with E-state index in [1.165, 1.54) is 12.5 Å². The minimum Gasteiger partial charge on any atom is -0.347 e. The highest BCUT2D eigenvalue weighted by atomic mass is 16.2. The Kier molecular flexibility index (Phi) is 5.07. The van der Waals surface area contributed by atoms with Crippen molar-refractivity contribution in [1.82, 2.24) is 25.1 Å². The van der Waals surface area contributed by atoms with Crippen LogP contribution in [-0.4, -0.2) is 37.6 Å². The quantitative estimate of drug-likeness (QED) is 0.672. The van der Waals surface area contributed by atoms with Crippen LogP contribution < -0.4 is 10.6 Å². The predicted octanol–water partition coefficient (Wildman–Crippen LogP) is 2.27. The number of aryl methyl sites for hydroxylation is 1. The van der Waals surface area contributed by atoms with Gasteiger partial charge in [-0.05, 0) is 25.0 Å². The molecule has 2 unspecified atom stereocenters. The van der Waals surface area contributed by atoms with E-state index in [1.54, 1.807) is 17.1 Å². The average molecular weight is 390 g/mol. The van der Waals surface area contributed by atoms with Crippen LogP contribution in [0.25, 0.3) is 0 Å². The number of rotatable bonds is 6. The number of aromatic nitrogens is 4. The molecule has 0 bridgehead atoms. The minimum absolute atomic E-state index is 0.153. The van der Waals surface area contributed by atoms with E-state index < -0.39 is 0 Å². The molecule has 148 valence electrons. The smallest absolute Gasteiger partial charge is 0.252 e. The summed E-state index contributed by atoms with van der Waals surface area (Å²) in [6.45, 7) is 4.05. The van der Waals surface area contributed by atoms with Gasteiger partial charge in [-0.25, -0.2) is 14.6 Å². The van der Waals surface area contributed by atoms with Crippen LogP contribution in [0, 0.1) is 6.92 Å². The predicted molar refractivity (Wildman–Crippen MR) is 107 cm³/mol. The van der Waals surface area contributed by atoms with Crippen molar-refractivity contribution >= 4 is 17.6 Å². The zero-order valence-corrected chi connectivity index (χ0v) is 16.3. The molecule has 1 aliphatic rings. The highest BCUT2D eigenvalue weighted by molar-refractivity contribution is 6.04. The van der Waals surface area contributed by atoms with E-state index in [2.05, 4.69) is 25.7 Å². The Morgan fingerprint density at radius 2 is 2.07 bits per heavy atom. The van der Waals surface area contributed by atoms with Gasteiger partial charge in [-0.2, -0.15) is 5.10 Å². The molecule has 0 saturated heterocycles. The lowest BCUT2D eigenvalue weighted by atomic mass is 9.96. The van der Waals surface area contributed by atoms with Crippen molar-refractivity contribution < 1.29 is 9.59 Å². The van der Waals surface area contributed by atoms with Gasteiger partial charge in [0.2, 0.25) is 5.91 Å². The molecule has 0 radical (unpaired) electrons. The Morgan fingerprint density at radius 3 is 2.76 bits per heavy atom. The molecule has 8 heteroatoms. The molecule has 0 fully saturated rings. The molecule has 3 heterocycles. The maximum Gasteiger partial charge on any atom is 0.252 e. The van der Waals surface area contributed by atoms with Gasteiger partial charge in [-0.1, -0.05) is 36.8 Å². The van der Waals surface area contributed by atoms with Crippen LogP contribution in [0.15, 0.2) is 49.2 Å². The van der Waals surface area contributed by atoms with Crippen molar-refractivity contribution in [3.63, 3.8) is 0 Å². The molecular formula is C21H22N6O2. The number of carbonyl (C=O) groups is 2. The summed E-state index contributed by atoms with van der Waals surface area (Å²) in [5.74, 6) is 0.0752. The Labute approximate surface area is 168 Å². The third kappa shape index (κ3) is 3.73. The molecule has 8 nitrogen and oxygen atoms in total. The third-order valence-corrected chi connectivity index (χ3v) is 5.17. The Bertz CT molecular complexity index is 1030. The molecule has 2 amide bonds. The van der Waals surface area contributed by atoms with E-state index >= 15 is 0 Å². The molecule has 2 N–H and O–H groups in total. The molecule has 0 aliphatic carbocycles. The minimum atomic E-state index is -0.232. The van der Waals surface area contributed by atoms with Gasteiger partial charge in [0.25, 0.3) is 5.91 Å². The fourth-order valence-corrected chi connectivity index (χ4v) is 3.67. The number of benzene rings is 1. The van der Waals surface area contributed by atoms with Gasteiger partial charge in [-0.3, -0.25) is 9.59 Å². The van der Waals surface area contributed by atoms with Gasteiger partial charge < -0.3 is 10.6 Å². The van der Waals surface area contributed by atoms with Crippen molar-refractivity contribution in [1.29, 1.82) is 0 Å². The topological polar surface area (TPSA) is 102 Å². The molecule has 0 spiro atoms. The monoisotopic (exact) mass is 390 g/mol. The maximum absolute atomic E-state index is 13.1. The lowest BCUT2D eigenvalue weighted by Crippen LogP contribution is -2.42. The first kappa shape index (κ1) is 18.8. The summed E-state index contributed by atoms with van der Waals surface area (Å²) in [5.41, 5.74) is 3.29. The van der Waals surface area contributed by atoms with E-state index in [0.29, 0.717) is 23.4 Å². The van der Waals surface area contributed by atoms with Crippen molar-refractivity contribution in [3.05, 3.63) is 71.4 Å². The second-order valence-corrected chi connectivity index (χ2v) is 7.13. The van der Waals surface area contributed by atoms with Crippen LogP contribution in [0.5, 0.6) is 0 Å². The lowest BCUT2D eigenvalue weighted by Gasteiger charge is -2.28. The average Bonchev–Trinajstić information content (AvgIpc) is 3.37. The number of anilines is 1. The number of nitrogens with zero attached hydrogens (tertiary/aromatic N) is 4. The molecule has 3 aromatic rings. The standard InChI is InChI=1S/C21H22N6O2/c1-3-17(19(27-12-22-11-24-27)14-6-4-13(2)5-7-14)25-21(29)15-8-9-23-20-16(15)10-18(28)26-20/h4-9,11-12,17,19H,3,10H2,1-2H3,(H,25,29)(H,23,26,28). The summed E-state index contributed by atoms with van der Waals surface area (Å²) >= 11 is 0. The molecular weight excluding hydrogens is 368 g/mol. The first-order valence-corrected chi connectivity index (χ1v) is 9.56. The molecule has 4 rings (SSSR count). The van der Waals surface area contributed by atoms with Crippen molar-refractivity contribution in [2.45, 2.75) is 38.8 Å². The van der Waals surface area contributed by atoms with Crippen molar-refractivity contribution in [2.24, 2.45) is 0 Å². The summed E-state index contributed by atoms with van der Waals surface area (Å²) < 4.78 is 1.77. The van der Waals surface area contributed by atoms with Gasteiger partial charge in [0.1, 0.15) is 18.5 Å². The summed E-state index contributed by atoms with van der Waals surface area (Å²) in [6.07, 6.45) is 5.53. The molecule has 29 heavy (non-hydrogen) atoms. The number of carbonyl (C=O) groups excluding carboxylic acids is 2. The van der Waals surface area contributed by atoms with Gasteiger partial charge >= 0.3 is 0 Å². The fourth-order valence-electron chi connectivity index (χ4n) is 3.67. The zero-order valence-electron chi connectivity index (χ0n) is 16.3. The Morgan fingerprint density at radius 1 is 1.28 bits per heavy atom. The Balaban J connectivity index is 1.65. The van der Waals surface area contributed by atoms with E-state index in [1.807, 2.05) is 38.1 Å². The maximum atomic E-state index is 13.1. The molecule has 1 aromatic carbocycles. The SMILES string of the molecule is CCC(NC(=O)c1ccnc2c1CC(=O)N2)C(c1ccc(C)cc1)n1cncn1. The normalized spacial score (nSPS) is 14.8. The van der Waals surface area contributed by atoms with Crippen molar-refractivity contribution in [2.75, 3.05) is 5.32 Å². The number of fused-ring (bicyclic) bond motifs is 1. The third-order valence-electron chi connectivity index (χ3n) is 5.17. The van der Waals surface area contributed by atoms with E-state index in [9.17, 15) is 9.59 Å². The first-order valence-electron chi connectivity index (χ1n) is 9.56. The number of hydrogen-bond donors (Lipinski definition) is 2. The lowest BCUT2D eigenvalue weighted by molar-refractivity contribution is -0.115. The van der Waals surface area contributed by atoms with E-state index in [0.717, 1.165) is 11.1 Å². The zero-order chi connectivity index (χ0) is 20.4. The second-order valence-electron chi connectivity index (χ2n) is 7.13. The van der Waals surface area contributed by atoms with Gasteiger partial charge in [0.05, 0.1) is 18.5 Å². The van der Waals surface area contributed by atoms with Crippen LogP contribution in [0.1, 0.15) is 46.4 Å². The molecule has 2 aromatic heterocycles. The Hall–Kier alpha value is -3.55. The highest BCUT2D eigenvalue weighted by Crippen LogP contribution is 2.26. The second kappa shape index (κ2) is 7.83. The largest absolute Gasteiger partial charge is 0.347 e. The van der Waals surface area contributed by atoms with Crippen LogP contribution in [0.2, 0.25) is 0 Å². The van der Waals surface area contributed by atoms with E-state index in [-0.39, 0.29) is 30.3 Å². The summed E-state index contributed by atoms with van der Waals surface area (Å²) in [6, 6.07) is 9.40. The van der Waals surface area contributed by atoms with Crippen molar-refractivity contribution in [3.8, 4) is 0 Å². The summed E-state index contributed by atoms with van der Waals surface area (Å²) in [5, 5.41) is 10.1. The van der Waals surface area contributed by atoms with Crippen LogP contribution >= 0.6 is 0 Å². The molecule has 2 atom stereocenters. The fraction of sp³-hybridized carbons (Fsp3) is 0.286. The van der Waals surface area contributed by atoms with Gasteiger partial charge in [-0.15, -0.1) is 0 Å². The van der Waals surface area contributed by atoms with Gasteiger partial charge in [0, 0.05) is 17.3 Å². The summed E-state index contributed by atoms with van der Waals surface area (Å²) in [7, 11) is 0. The number of amides is 2. The molecule has 1 aliphatic heterocycles. The number of hydrogen-bond acceptors (Lipinski definition) is 5. The van der Waals surface area contributed by atoms with Crippen LogP contribution in [0.3, 0.4) is 0 Å². The van der Waals surface area contributed by atoms with Crippen LogP contribution in [-0.2, 0) is 11.2 Å². The molecule has 0 saturated carbocycles. The highest BCUT2D eigenvalue weighted by Gasteiger charge is 2.29. The van der Waals surface area contributed by atoms with Gasteiger partial charge in [0.15, 0.2) is 0 Å². The summed E-state index contributed by atoms with van der Waals surface area (Å²) in [4.78, 5) is 33.1. The van der Waals surface area contributed by atoms with E-state index in [4.69, 9.17) is 0 Å².